The van der Waals surface area contributed by atoms with E-state index in [1.54, 1.807) is 7.11 Å². The van der Waals surface area contributed by atoms with Crippen LogP contribution in [-0.2, 0) is 4.74 Å². The number of methoxy groups -OCH3 is 1. The third kappa shape index (κ3) is 7.12. The van der Waals surface area contributed by atoms with Gasteiger partial charge in [-0.15, -0.1) is 0 Å². The minimum atomic E-state index is 0.491. The molecular formula is C18H38N2O. The summed E-state index contributed by atoms with van der Waals surface area (Å²) < 4.78 is 5.17. The first-order chi connectivity index (χ1) is 10.2. The normalized spacial score (nSPS) is 26.4. The number of hydrogen-bond donors (Lipinski definition) is 1. The molecule has 0 aromatic rings. The Kier molecular flexibility index (Phi) is 9.54. The monoisotopic (exact) mass is 298 g/mol. The van der Waals surface area contributed by atoms with Gasteiger partial charge in [-0.25, -0.2) is 0 Å². The van der Waals surface area contributed by atoms with Gasteiger partial charge in [-0.2, -0.15) is 0 Å². The van der Waals surface area contributed by atoms with Crippen LogP contribution < -0.4 is 5.32 Å². The quantitative estimate of drug-likeness (QED) is 0.591. The standard InChI is InChI=1S/C18H38N2O/c1-5-12-20(13-6-2)16-18(15-19-11-14-21-4)9-7-17(3)8-10-18/h17,19H,5-16H2,1-4H3. The molecule has 0 amide bonds. The van der Waals surface area contributed by atoms with E-state index in [1.165, 1.54) is 58.2 Å². The Hall–Kier alpha value is -0.120. The van der Waals surface area contributed by atoms with Crippen LogP contribution in [0.15, 0.2) is 0 Å². The highest BCUT2D eigenvalue weighted by molar-refractivity contribution is 4.89. The average Bonchev–Trinajstić information content (AvgIpc) is 2.47. The first-order valence-corrected chi connectivity index (χ1v) is 9.07. The Balaban J connectivity index is 2.57. The maximum atomic E-state index is 5.17. The van der Waals surface area contributed by atoms with Crippen molar-refractivity contribution in [2.24, 2.45) is 11.3 Å². The Morgan fingerprint density at radius 1 is 1.14 bits per heavy atom. The molecule has 3 heteroatoms. The Morgan fingerprint density at radius 3 is 2.29 bits per heavy atom. The molecule has 0 bridgehead atoms. The van der Waals surface area contributed by atoms with Crippen LogP contribution in [0.2, 0.25) is 0 Å². The second kappa shape index (κ2) is 10.6. The summed E-state index contributed by atoms with van der Waals surface area (Å²) in [6.07, 6.45) is 8.11. The van der Waals surface area contributed by atoms with Crippen LogP contribution in [0.4, 0.5) is 0 Å². The van der Waals surface area contributed by atoms with Crippen molar-refractivity contribution in [3.8, 4) is 0 Å². The fourth-order valence-corrected chi connectivity index (χ4v) is 3.67. The maximum Gasteiger partial charge on any atom is 0.0587 e. The lowest BCUT2D eigenvalue weighted by Crippen LogP contribution is -2.47. The summed E-state index contributed by atoms with van der Waals surface area (Å²) in [4.78, 5) is 2.70. The van der Waals surface area contributed by atoms with Crippen LogP contribution in [0.5, 0.6) is 0 Å². The molecule has 21 heavy (non-hydrogen) atoms. The van der Waals surface area contributed by atoms with E-state index in [1.807, 2.05) is 0 Å². The van der Waals surface area contributed by atoms with Gasteiger partial charge in [0.25, 0.3) is 0 Å². The van der Waals surface area contributed by atoms with Crippen molar-refractivity contribution in [1.29, 1.82) is 0 Å². The summed E-state index contributed by atoms with van der Waals surface area (Å²) in [6.45, 7) is 13.8. The first kappa shape index (κ1) is 18.9. The second-order valence-corrected chi connectivity index (χ2v) is 7.13. The van der Waals surface area contributed by atoms with Crippen molar-refractivity contribution < 1.29 is 4.74 Å². The highest BCUT2D eigenvalue weighted by Crippen LogP contribution is 2.39. The molecule has 0 aromatic carbocycles. The van der Waals surface area contributed by atoms with Gasteiger partial charge in [0.15, 0.2) is 0 Å². The number of rotatable bonds is 11. The molecular weight excluding hydrogens is 260 g/mol. The molecule has 1 aliphatic carbocycles. The SMILES string of the molecule is CCCN(CCC)CC1(CNCCOC)CCC(C)CC1. The molecule has 0 heterocycles. The smallest absolute Gasteiger partial charge is 0.0587 e. The lowest BCUT2D eigenvalue weighted by atomic mass is 9.70. The number of hydrogen-bond acceptors (Lipinski definition) is 3. The van der Waals surface area contributed by atoms with E-state index in [2.05, 4.69) is 31.0 Å². The highest BCUT2D eigenvalue weighted by Gasteiger charge is 2.35. The zero-order chi connectivity index (χ0) is 15.6. The number of ether oxygens (including phenoxy) is 1. The van der Waals surface area contributed by atoms with Crippen molar-refractivity contribution >= 4 is 0 Å². The molecule has 1 aliphatic rings. The van der Waals surface area contributed by atoms with Crippen molar-refractivity contribution in [2.45, 2.75) is 59.3 Å². The van der Waals surface area contributed by atoms with Crippen LogP contribution in [0.3, 0.4) is 0 Å². The van der Waals surface area contributed by atoms with E-state index >= 15 is 0 Å². The zero-order valence-corrected chi connectivity index (χ0v) is 14.9. The lowest BCUT2D eigenvalue weighted by Gasteiger charge is -2.43. The average molecular weight is 299 g/mol. The predicted octanol–water partition coefficient (Wildman–Crippen LogP) is 3.54. The topological polar surface area (TPSA) is 24.5 Å². The molecule has 0 spiro atoms. The van der Waals surface area contributed by atoms with Gasteiger partial charge >= 0.3 is 0 Å². The number of nitrogens with zero attached hydrogens (tertiary/aromatic N) is 1. The first-order valence-electron chi connectivity index (χ1n) is 9.07. The molecule has 1 fully saturated rings. The van der Waals surface area contributed by atoms with E-state index in [0.29, 0.717) is 5.41 Å². The van der Waals surface area contributed by atoms with Crippen molar-refractivity contribution in [1.82, 2.24) is 10.2 Å². The Morgan fingerprint density at radius 2 is 1.76 bits per heavy atom. The fraction of sp³-hybridized carbons (Fsp3) is 1.00. The van der Waals surface area contributed by atoms with Crippen LogP contribution in [0.25, 0.3) is 0 Å². The van der Waals surface area contributed by atoms with Gasteiger partial charge in [0.05, 0.1) is 6.61 Å². The summed E-state index contributed by atoms with van der Waals surface area (Å²) in [7, 11) is 1.78. The van der Waals surface area contributed by atoms with Crippen molar-refractivity contribution in [3.63, 3.8) is 0 Å². The summed E-state index contributed by atoms with van der Waals surface area (Å²) in [5.74, 6) is 0.919. The summed E-state index contributed by atoms with van der Waals surface area (Å²) in [5.41, 5.74) is 0.491. The van der Waals surface area contributed by atoms with Crippen LogP contribution in [0.1, 0.15) is 59.3 Å². The molecule has 0 saturated heterocycles. The number of nitrogens with one attached hydrogen (secondary N) is 1. The molecule has 0 radical (unpaired) electrons. The van der Waals surface area contributed by atoms with Crippen LogP contribution >= 0.6 is 0 Å². The molecule has 0 aliphatic heterocycles. The van der Waals surface area contributed by atoms with Gasteiger partial charge in [-0.3, -0.25) is 0 Å². The van der Waals surface area contributed by atoms with Gasteiger partial charge in [0.2, 0.25) is 0 Å². The van der Waals surface area contributed by atoms with E-state index in [4.69, 9.17) is 4.74 Å². The molecule has 0 atom stereocenters. The summed E-state index contributed by atoms with van der Waals surface area (Å²) in [5, 5.41) is 3.65. The van der Waals surface area contributed by atoms with Gasteiger partial charge in [-0.1, -0.05) is 33.6 Å². The van der Waals surface area contributed by atoms with Crippen LogP contribution in [0, 0.1) is 11.3 Å². The molecule has 0 unspecified atom stereocenters. The van der Waals surface area contributed by atoms with Crippen LogP contribution in [-0.4, -0.2) is 51.3 Å². The van der Waals surface area contributed by atoms with E-state index < -0.39 is 0 Å². The fourth-order valence-electron chi connectivity index (χ4n) is 3.67. The Bertz CT molecular complexity index is 244. The van der Waals surface area contributed by atoms with Crippen molar-refractivity contribution in [2.75, 3.05) is 46.4 Å². The van der Waals surface area contributed by atoms with E-state index in [-0.39, 0.29) is 0 Å². The Labute approximate surface area is 132 Å². The molecule has 1 saturated carbocycles. The molecule has 3 nitrogen and oxygen atoms in total. The minimum Gasteiger partial charge on any atom is -0.383 e. The second-order valence-electron chi connectivity index (χ2n) is 7.13. The van der Waals surface area contributed by atoms with Gasteiger partial charge in [0, 0.05) is 26.7 Å². The van der Waals surface area contributed by atoms with Gasteiger partial charge < -0.3 is 15.0 Å². The lowest BCUT2D eigenvalue weighted by molar-refractivity contribution is 0.0835. The van der Waals surface area contributed by atoms with Crippen molar-refractivity contribution in [3.05, 3.63) is 0 Å². The summed E-state index contributed by atoms with van der Waals surface area (Å²) >= 11 is 0. The van der Waals surface area contributed by atoms with E-state index in [0.717, 1.165) is 25.6 Å². The van der Waals surface area contributed by atoms with E-state index in [9.17, 15) is 0 Å². The van der Waals surface area contributed by atoms with Gasteiger partial charge in [-0.05, 0) is 50.1 Å². The summed E-state index contributed by atoms with van der Waals surface area (Å²) in [6, 6.07) is 0. The molecule has 1 N–H and O–H groups in total. The molecule has 0 aromatic heterocycles. The molecule has 1 rings (SSSR count). The highest BCUT2D eigenvalue weighted by atomic mass is 16.5. The minimum absolute atomic E-state index is 0.491. The third-order valence-electron chi connectivity index (χ3n) is 4.96. The molecule has 126 valence electrons. The van der Waals surface area contributed by atoms with Gasteiger partial charge in [0.1, 0.15) is 0 Å². The largest absolute Gasteiger partial charge is 0.383 e. The zero-order valence-electron chi connectivity index (χ0n) is 14.9. The maximum absolute atomic E-state index is 5.17. The third-order valence-corrected chi connectivity index (χ3v) is 4.96. The predicted molar refractivity (Wildman–Crippen MR) is 91.8 cm³/mol.